The van der Waals surface area contributed by atoms with Gasteiger partial charge in [0.15, 0.2) is 5.96 Å². The second kappa shape index (κ2) is 9.08. The fraction of sp³-hybridized carbons (Fsp3) is 0.688. The molecule has 1 atom stereocenters. The smallest absolute Gasteiger partial charge is 0.191 e. The molecule has 0 saturated carbocycles. The Labute approximate surface area is 155 Å². The minimum absolute atomic E-state index is 0. The lowest BCUT2D eigenvalue weighted by molar-refractivity contribution is 0.248. The third-order valence-corrected chi connectivity index (χ3v) is 4.61. The van der Waals surface area contributed by atoms with Crippen molar-refractivity contribution in [3.05, 3.63) is 22.4 Å². The summed E-state index contributed by atoms with van der Waals surface area (Å²) < 4.78 is 0. The van der Waals surface area contributed by atoms with Crippen molar-refractivity contribution in [1.82, 2.24) is 15.5 Å². The highest BCUT2D eigenvalue weighted by molar-refractivity contribution is 14.0. The summed E-state index contributed by atoms with van der Waals surface area (Å²) in [5.41, 5.74) is 0.0217. The molecule has 0 spiro atoms. The van der Waals surface area contributed by atoms with Gasteiger partial charge in [-0.15, -0.1) is 35.3 Å². The Balaban J connectivity index is 0.00000242. The van der Waals surface area contributed by atoms with E-state index in [1.807, 2.05) is 18.4 Å². The molecule has 1 aromatic rings. The Hall–Kier alpha value is -0.340. The Morgan fingerprint density at radius 2 is 2.05 bits per heavy atom. The van der Waals surface area contributed by atoms with E-state index in [0.29, 0.717) is 6.04 Å². The molecule has 4 nitrogen and oxygen atoms in total. The average molecular weight is 436 g/mol. The molecule has 0 aliphatic carbocycles. The summed E-state index contributed by atoms with van der Waals surface area (Å²) in [5, 5.41) is 9.08. The topological polar surface area (TPSA) is 39.7 Å². The summed E-state index contributed by atoms with van der Waals surface area (Å²) in [4.78, 5) is 8.36. The fourth-order valence-corrected chi connectivity index (χ4v) is 3.53. The van der Waals surface area contributed by atoms with Gasteiger partial charge in [0, 0.05) is 24.0 Å². The molecule has 22 heavy (non-hydrogen) atoms. The van der Waals surface area contributed by atoms with Gasteiger partial charge in [-0.25, -0.2) is 0 Å². The third-order valence-electron chi connectivity index (χ3n) is 3.63. The number of nitrogens with zero attached hydrogens (tertiary/aromatic N) is 2. The SMILES string of the molecule is CN=C(NCC(c1cccs1)N1CCCC1)NC(C)(C)C.I. The molecule has 2 rings (SSSR count). The Morgan fingerprint density at radius 3 is 2.55 bits per heavy atom. The largest absolute Gasteiger partial charge is 0.354 e. The first-order valence-corrected chi connectivity index (χ1v) is 8.64. The number of likely N-dealkylation sites (tertiary alicyclic amines) is 1. The lowest BCUT2D eigenvalue weighted by Gasteiger charge is -2.29. The van der Waals surface area contributed by atoms with Crippen LogP contribution in [0.25, 0.3) is 0 Å². The van der Waals surface area contributed by atoms with Crippen molar-refractivity contribution < 1.29 is 0 Å². The van der Waals surface area contributed by atoms with Crippen LogP contribution in [0.15, 0.2) is 22.5 Å². The van der Waals surface area contributed by atoms with E-state index < -0.39 is 0 Å². The maximum Gasteiger partial charge on any atom is 0.191 e. The van der Waals surface area contributed by atoms with Gasteiger partial charge in [-0.05, 0) is 58.1 Å². The van der Waals surface area contributed by atoms with Gasteiger partial charge in [0.25, 0.3) is 0 Å². The number of hydrogen-bond donors (Lipinski definition) is 2. The quantitative estimate of drug-likeness (QED) is 0.432. The van der Waals surface area contributed by atoms with E-state index in [9.17, 15) is 0 Å². The second-order valence-electron chi connectivity index (χ2n) is 6.60. The lowest BCUT2D eigenvalue weighted by Crippen LogP contribution is -2.49. The summed E-state index contributed by atoms with van der Waals surface area (Å²) in [5.74, 6) is 0.878. The standard InChI is InChI=1S/C16H28N4S.HI/c1-16(2,3)19-15(17-4)18-12-13(14-8-7-11-21-14)20-9-5-6-10-20;/h7-8,11,13H,5-6,9-10,12H2,1-4H3,(H2,17,18,19);1H. The van der Waals surface area contributed by atoms with E-state index in [-0.39, 0.29) is 29.5 Å². The fourth-order valence-electron chi connectivity index (χ4n) is 2.67. The van der Waals surface area contributed by atoms with Gasteiger partial charge in [0.05, 0.1) is 6.04 Å². The summed E-state index contributed by atoms with van der Waals surface area (Å²) >= 11 is 1.85. The molecule has 1 saturated heterocycles. The summed E-state index contributed by atoms with van der Waals surface area (Å²) in [7, 11) is 1.83. The Bertz CT molecular complexity index is 447. The molecule has 2 heterocycles. The van der Waals surface area contributed by atoms with E-state index >= 15 is 0 Å². The number of nitrogens with one attached hydrogen (secondary N) is 2. The van der Waals surface area contributed by atoms with Crippen LogP contribution in [-0.2, 0) is 0 Å². The Kier molecular flexibility index (Phi) is 8.13. The van der Waals surface area contributed by atoms with Gasteiger partial charge >= 0.3 is 0 Å². The van der Waals surface area contributed by atoms with Gasteiger partial charge in [0.1, 0.15) is 0 Å². The molecule has 0 aromatic carbocycles. The van der Waals surface area contributed by atoms with E-state index in [0.717, 1.165) is 12.5 Å². The van der Waals surface area contributed by atoms with Crippen LogP contribution in [0.2, 0.25) is 0 Å². The van der Waals surface area contributed by atoms with Crippen molar-refractivity contribution in [3.63, 3.8) is 0 Å². The number of halogens is 1. The highest BCUT2D eigenvalue weighted by Crippen LogP contribution is 2.27. The first kappa shape index (κ1) is 19.7. The van der Waals surface area contributed by atoms with E-state index in [1.54, 1.807) is 0 Å². The molecule has 0 bridgehead atoms. The van der Waals surface area contributed by atoms with Crippen LogP contribution in [0, 0.1) is 0 Å². The highest BCUT2D eigenvalue weighted by atomic mass is 127. The minimum atomic E-state index is 0. The summed E-state index contributed by atoms with van der Waals surface area (Å²) in [6.45, 7) is 9.76. The number of guanidine groups is 1. The molecule has 126 valence electrons. The molecule has 1 aromatic heterocycles. The third kappa shape index (κ3) is 6.04. The zero-order chi connectivity index (χ0) is 15.3. The van der Waals surface area contributed by atoms with Crippen molar-refractivity contribution in [1.29, 1.82) is 0 Å². The minimum Gasteiger partial charge on any atom is -0.354 e. The van der Waals surface area contributed by atoms with Crippen LogP contribution in [0.4, 0.5) is 0 Å². The van der Waals surface area contributed by atoms with Gasteiger partial charge in [-0.3, -0.25) is 9.89 Å². The van der Waals surface area contributed by atoms with Crippen molar-refractivity contribution in [2.75, 3.05) is 26.7 Å². The summed E-state index contributed by atoms with van der Waals surface area (Å²) in [6.07, 6.45) is 2.63. The number of rotatable bonds is 4. The van der Waals surface area contributed by atoms with Gasteiger partial charge < -0.3 is 10.6 Å². The molecule has 6 heteroatoms. The van der Waals surface area contributed by atoms with Crippen LogP contribution in [0.1, 0.15) is 44.5 Å². The van der Waals surface area contributed by atoms with E-state index in [1.165, 1.54) is 30.8 Å². The number of thiophene rings is 1. The number of hydrogen-bond acceptors (Lipinski definition) is 3. The molecular weight excluding hydrogens is 407 g/mol. The molecular formula is C16H29IN4S. The first-order chi connectivity index (χ1) is 9.99. The van der Waals surface area contributed by atoms with Crippen molar-refractivity contribution in [3.8, 4) is 0 Å². The molecule has 0 amide bonds. The molecule has 1 aliphatic rings. The monoisotopic (exact) mass is 436 g/mol. The van der Waals surface area contributed by atoms with E-state index in [2.05, 4.69) is 58.8 Å². The molecule has 1 aliphatic heterocycles. The molecule has 1 unspecified atom stereocenters. The van der Waals surface area contributed by atoms with Gasteiger partial charge in [-0.1, -0.05) is 6.07 Å². The normalized spacial score (nSPS) is 17.9. The first-order valence-electron chi connectivity index (χ1n) is 7.76. The van der Waals surface area contributed by atoms with Crippen LogP contribution in [-0.4, -0.2) is 43.1 Å². The molecule has 2 N–H and O–H groups in total. The zero-order valence-corrected chi connectivity index (χ0v) is 17.2. The highest BCUT2D eigenvalue weighted by Gasteiger charge is 2.24. The zero-order valence-electron chi connectivity index (χ0n) is 14.1. The van der Waals surface area contributed by atoms with Crippen molar-refractivity contribution >= 4 is 41.3 Å². The average Bonchev–Trinajstić information content (AvgIpc) is 3.09. The van der Waals surface area contributed by atoms with Crippen LogP contribution >= 0.6 is 35.3 Å². The maximum atomic E-state index is 4.33. The van der Waals surface area contributed by atoms with E-state index in [4.69, 9.17) is 0 Å². The predicted octanol–water partition coefficient (Wildman–Crippen LogP) is 3.47. The van der Waals surface area contributed by atoms with Gasteiger partial charge in [-0.2, -0.15) is 0 Å². The molecule has 1 fully saturated rings. The maximum absolute atomic E-state index is 4.33. The van der Waals surface area contributed by atoms with Crippen molar-refractivity contribution in [2.24, 2.45) is 4.99 Å². The lowest BCUT2D eigenvalue weighted by atomic mass is 10.1. The van der Waals surface area contributed by atoms with Crippen LogP contribution in [0.3, 0.4) is 0 Å². The Morgan fingerprint density at radius 1 is 1.36 bits per heavy atom. The van der Waals surface area contributed by atoms with Crippen molar-refractivity contribution in [2.45, 2.75) is 45.2 Å². The number of aliphatic imine (C=N–C) groups is 1. The summed E-state index contributed by atoms with van der Waals surface area (Å²) in [6, 6.07) is 4.84. The predicted molar refractivity (Wildman–Crippen MR) is 108 cm³/mol. The molecule has 0 radical (unpaired) electrons. The second-order valence-corrected chi connectivity index (χ2v) is 7.58. The van der Waals surface area contributed by atoms with Gasteiger partial charge in [0.2, 0.25) is 0 Å². The van der Waals surface area contributed by atoms with Crippen LogP contribution < -0.4 is 10.6 Å². The van der Waals surface area contributed by atoms with Crippen LogP contribution in [0.5, 0.6) is 0 Å².